The van der Waals surface area contributed by atoms with Crippen molar-refractivity contribution in [2.45, 2.75) is 6.92 Å². The second-order valence-electron chi connectivity index (χ2n) is 2.92. The van der Waals surface area contributed by atoms with Gasteiger partial charge in [0.25, 0.3) is 0 Å². The largest absolute Gasteiger partial charge is 0.478 e. The number of esters is 1. The predicted molar refractivity (Wildman–Crippen MR) is 57.9 cm³/mol. The highest BCUT2D eigenvalue weighted by Crippen LogP contribution is 2.22. The number of carbonyl (C=O) groups excluding carboxylic acids is 1. The minimum atomic E-state index is -0.490. The Labute approximate surface area is 93.4 Å². The van der Waals surface area contributed by atoms with E-state index in [2.05, 4.69) is 0 Å². The average molecular weight is 220 g/mol. The summed E-state index contributed by atoms with van der Waals surface area (Å²) in [7, 11) is 0. The van der Waals surface area contributed by atoms with E-state index in [1.807, 2.05) is 6.07 Å². The van der Waals surface area contributed by atoms with Crippen molar-refractivity contribution in [2.75, 3.05) is 18.9 Å². The summed E-state index contributed by atoms with van der Waals surface area (Å²) in [5.74, 6) is -0.226. The van der Waals surface area contributed by atoms with Crippen molar-refractivity contribution in [3.63, 3.8) is 0 Å². The van der Waals surface area contributed by atoms with Crippen molar-refractivity contribution in [3.8, 4) is 11.8 Å². The van der Waals surface area contributed by atoms with Crippen molar-refractivity contribution in [1.82, 2.24) is 0 Å². The molecule has 0 heterocycles. The van der Waals surface area contributed by atoms with Gasteiger partial charge in [-0.15, -0.1) is 0 Å². The minimum absolute atomic E-state index is 0.143. The Bertz CT molecular complexity index is 424. The average Bonchev–Trinajstić information content (AvgIpc) is 2.26. The molecule has 16 heavy (non-hydrogen) atoms. The molecule has 0 saturated heterocycles. The first kappa shape index (κ1) is 11.9. The Hall–Kier alpha value is -2.22. The van der Waals surface area contributed by atoms with Crippen molar-refractivity contribution in [1.29, 1.82) is 5.26 Å². The standard InChI is InChI=1S/C11H12N2O3/c1-2-15-11(14)9-4-3-8(13)7-10(9)16-6-5-12/h3-4,7H,2,6,13H2,1H3. The molecule has 0 saturated carbocycles. The van der Waals surface area contributed by atoms with Crippen molar-refractivity contribution >= 4 is 11.7 Å². The number of rotatable bonds is 4. The molecule has 0 spiro atoms. The molecule has 0 aromatic heterocycles. The number of nitrogens with zero attached hydrogens (tertiary/aromatic N) is 1. The van der Waals surface area contributed by atoms with E-state index in [1.54, 1.807) is 13.0 Å². The smallest absolute Gasteiger partial charge is 0.341 e. The number of ether oxygens (including phenoxy) is 2. The number of nitriles is 1. The van der Waals surface area contributed by atoms with E-state index in [-0.39, 0.29) is 24.5 Å². The molecule has 0 radical (unpaired) electrons. The predicted octanol–water partition coefficient (Wildman–Crippen LogP) is 1.35. The van der Waals surface area contributed by atoms with E-state index in [9.17, 15) is 4.79 Å². The molecule has 2 N–H and O–H groups in total. The number of carbonyl (C=O) groups is 1. The third-order valence-electron chi connectivity index (χ3n) is 1.79. The van der Waals surface area contributed by atoms with Crippen LogP contribution in [0.25, 0.3) is 0 Å². The molecule has 5 heteroatoms. The van der Waals surface area contributed by atoms with E-state index < -0.39 is 5.97 Å². The quantitative estimate of drug-likeness (QED) is 0.611. The van der Waals surface area contributed by atoms with Gasteiger partial charge in [-0.25, -0.2) is 4.79 Å². The SMILES string of the molecule is CCOC(=O)c1ccc(N)cc1OCC#N. The summed E-state index contributed by atoms with van der Waals surface area (Å²) in [5.41, 5.74) is 6.29. The maximum absolute atomic E-state index is 11.5. The first-order chi connectivity index (χ1) is 7.69. The van der Waals surface area contributed by atoms with Gasteiger partial charge in [0.2, 0.25) is 0 Å². The zero-order valence-corrected chi connectivity index (χ0v) is 8.90. The minimum Gasteiger partial charge on any atom is -0.478 e. The van der Waals surface area contributed by atoms with Gasteiger partial charge in [-0.3, -0.25) is 0 Å². The molecule has 0 fully saturated rings. The van der Waals surface area contributed by atoms with Crippen LogP contribution in [0.2, 0.25) is 0 Å². The van der Waals surface area contributed by atoms with Gasteiger partial charge in [-0.1, -0.05) is 0 Å². The Balaban J connectivity index is 2.98. The third kappa shape index (κ3) is 2.89. The molecule has 0 aliphatic rings. The fourth-order valence-electron chi connectivity index (χ4n) is 1.15. The van der Waals surface area contributed by atoms with E-state index in [0.717, 1.165) is 0 Å². The van der Waals surface area contributed by atoms with Crippen molar-refractivity contribution in [2.24, 2.45) is 0 Å². The fraction of sp³-hybridized carbons (Fsp3) is 0.273. The Morgan fingerprint density at radius 3 is 2.94 bits per heavy atom. The van der Waals surface area contributed by atoms with Gasteiger partial charge in [-0.2, -0.15) is 5.26 Å². The summed E-state index contributed by atoms with van der Waals surface area (Å²) < 4.78 is 9.94. The lowest BCUT2D eigenvalue weighted by molar-refractivity contribution is 0.0522. The van der Waals surface area contributed by atoms with Crippen LogP contribution >= 0.6 is 0 Å². The lowest BCUT2D eigenvalue weighted by Gasteiger charge is -2.09. The third-order valence-corrected chi connectivity index (χ3v) is 1.79. The number of hydrogen-bond acceptors (Lipinski definition) is 5. The number of hydrogen-bond donors (Lipinski definition) is 1. The Kier molecular flexibility index (Phi) is 4.16. The molecule has 0 unspecified atom stereocenters. The fourth-order valence-corrected chi connectivity index (χ4v) is 1.15. The second-order valence-corrected chi connectivity index (χ2v) is 2.92. The highest BCUT2D eigenvalue weighted by atomic mass is 16.5. The summed E-state index contributed by atoms with van der Waals surface area (Å²) in [6.07, 6.45) is 0. The molecule has 0 aliphatic heterocycles. The molecule has 0 aliphatic carbocycles. The van der Waals surface area contributed by atoms with Crippen LogP contribution in [0.4, 0.5) is 5.69 Å². The molecule has 5 nitrogen and oxygen atoms in total. The lowest BCUT2D eigenvalue weighted by atomic mass is 10.2. The van der Waals surface area contributed by atoms with Gasteiger partial charge >= 0.3 is 5.97 Å². The van der Waals surface area contributed by atoms with Crippen LogP contribution in [0.3, 0.4) is 0 Å². The molecule has 84 valence electrons. The number of nitrogens with two attached hydrogens (primary N) is 1. The molecule has 1 aromatic carbocycles. The molecule has 0 amide bonds. The highest BCUT2D eigenvalue weighted by molar-refractivity contribution is 5.93. The first-order valence-corrected chi connectivity index (χ1v) is 4.75. The zero-order chi connectivity index (χ0) is 12.0. The van der Waals surface area contributed by atoms with Gasteiger partial charge in [0.05, 0.1) is 6.61 Å². The van der Waals surface area contributed by atoms with Crippen LogP contribution in [0.1, 0.15) is 17.3 Å². The van der Waals surface area contributed by atoms with E-state index >= 15 is 0 Å². The summed E-state index contributed by atoms with van der Waals surface area (Å²) in [5, 5.41) is 8.41. The van der Waals surface area contributed by atoms with Gasteiger partial charge in [0.1, 0.15) is 17.4 Å². The van der Waals surface area contributed by atoms with Crippen LogP contribution in [-0.4, -0.2) is 19.2 Å². The van der Waals surface area contributed by atoms with E-state index in [4.69, 9.17) is 20.5 Å². The van der Waals surface area contributed by atoms with Crippen LogP contribution in [-0.2, 0) is 4.74 Å². The van der Waals surface area contributed by atoms with Crippen LogP contribution in [0.5, 0.6) is 5.75 Å². The van der Waals surface area contributed by atoms with Crippen LogP contribution in [0.15, 0.2) is 18.2 Å². The van der Waals surface area contributed by atoms with E-state index in [1.165, 1.54) is 12.1 Å². The molecule has 1 aromatic rings. The Morgan fingerprint density at radius 2 is 2.31 bits per heavy atom. The van der Waals surface area contributed by atoms with E-state index in [0.29, 0.717) is 5.69 Å². The maximum atomic E-state index is 11.5. The van der Waals surface area contributed by atoms with Gasteiger partial charge in [-0.05, 0) is 19.1 Å². The normalized spacial score (nSPS) is 9.25. The lowest BCUT2D eigenvalue weighted by Crippen LogP contribution is -2.08. The first-order valence-electron chi connectivity index (χ1n) is 4.75. The van der Waals surface area contributed by atoms with Crippen molar-refractivity contribution < 1.29 is 14.3 Å². The number of nitrogen functional groups attached to an aromatic ring is 1. The van der Waals surface area contributed by atoms with Gasteiger partial charge in [0, 0.05) is 11.8 Å². The van der Waals surface area contributed by atoms with Crippen molar-refractivity contribution in [3.05, 3.63) is 23.8 Å². The van der Waals surface area contributed by atoms with Crippen LogP contribution < -0.4 is 10.5 Å². The molecule has 0 bridgehead atoms. The zero-order valence-electron chi connectivity index (χ0n) is 8.90. The van der Waals surface area contributed by atoms with Gasteiger partial charge in [0.15, 0.2) is 6.61 Å². The monoisotopic (exact) mass is 220 g/mol. The topological polar surface area (TPSA) is 85.3 Å². The summed E-state index contributed by atoms with van der Waals surface area (Å²) in [6, 6.07) is 6.40. The summed E-state index contributed by atoms with van der Waals surface area (Å²) in [4.78, 5) is 11.5. The number of anilines is 1. The maximum Gasteiger partial charge on any atom is 0.341 e. The molecule has 0 atom stereocenters. The molecular weight excluding hydrogens is 208 g/mol. The van der Waals surface area contributed by atoms with Crippen LogP contribution in [0, 0.1) is 11.3 Å². The Morgan fingerprint density at radius 1 is 1.56 bits per heavy atom. The highest BCUT2D eigenvalue weighted by Gasteiger charge is 2.13. The summed E-state index contributed by atoms with van der Waals surface area (Å²) >= 11 is 0. The number of benzene rings is 1. The molecular formula is C11H12N2O3. The molecule has 1 rings (SSSR count). The van der Waals surface area contributed by atoms with Gasteiger partial charge < -0.3 is 15.2 Å². The summed E-state index contributed by atoms with van der Waals surface area (Å²) in [6.45, 7) is 1.85. The second kappa shape index (κ2) is 5.61.